The van der Waals surface area contributed by atoms with E-state index in [9.17, 15) is 9.18 Å². The van der Waals surface area contributed by atoms with Gasteiger partial charge in [0.05, 0.1) is 0 Å². The number of Topliss-reactive ketones (excluding diaryl/α,β-unsaturated/α-hetero) is 1. The van der Waals surface area contributed by atoms with E-state index in [1.54, 1.807) is 12.1 Å². The monoisotopic (exact) mass is 325 g/mol. The van der Waals surface area contributed by atoms with Gasteiger partial charge in [-0.15, -0.1) is 0 Å². The number of hydrogen-bond acceptors (Lipinski definition) is 2. The molecular weight excluding hydrogens is 301 g/mol. The average Bonchev–Trinajstić information content (AvgIpc) is 2.96. The maximum atomic E-state index is 12.6. The number of ketones is 1. The normalized spacial score (nSPS) is 15.2. The van der Waals surface area contributed by atoms with Crippen molar-refractivity contribution < 1.29 is 9.18 Å². The van der Waals surface area contributed by atoms with Crippen LogP contribution in [0.3, 0.4) is 0 Å². The standard InChI is InChI=1S/C12H11FO.C9H13N/c13-11-6-4-9(5-7-11)8-10-2-1-3-12(10)14;1-8-4-6-9(7-5-8)10(2)3/h4-8H,1-3H2;4-7H,1-3H3. The van der Waals surface area contributed by atoms with Gasteiger partial charge in [0.2, 0.25) is 0 Å². The maximum Gasteiger partial charge on any atom is 0.158 e. The first-order valence-corrected chi connectivity index (χ1v) is 8.19. The zero-order valence-electron chi connectivity index (χ0n) is 14.6. The van der Waals surface area contributed by atoms with Crippen molar-refractivity contribution in [2.45, 2.75) is 26.2 Å². The first kappa shape index (κ1) is 17.9. The van der Waals surface area contributed by atoms with E-state index >= 15 is 0 Å². The van der Waals surface area contributed by atoms with Crippen LogP contribution in [-0.2, 0) is 4.79 Å². The van der Waals surface area contributed by atoms with E-state index in [0.29, 0.717) is 6.42 Å². The molecule has 1 fully saturated rings. The highest BCUT2D eigenvalue weighted by molar-refractivity contribution is 6.01. The number of anilines is 1. The molecule has 126 valence electrons. The Bertz CT molecular complexity index is 700. The molecule has 3 rings (SSSR count). The molecule has 1 aliphatic rings. The highest BCUT2D eigenvalue weighted by Crippen LogP contribution is 2.22. The van der Waals surface area contributed by atoms with Crippen molar-refractivity contribution >= 4 is 17.5 Å². The molecule has 24 heavy (non-hydrogen) atoms. The highest BCUT2D eigenvalue weighted by atomic mass is 19.1. The molecule has 0 aliphatic heterocycles. The summed E-state index contributed by atoms with van der Waals surface area (Å²) in [6.45, 7) is 2.10. The molecule has 0 saturated heterocycles. The quantitative estimate of drug-likeness (QED) is 0.722. The fraction of sp³-hybridized carbons (Fsp3) is 0.286. The minimum Gasteiger partial charge on any atom is -0.378 e. The number of allylic oxidation sites excluding steroid dienone is 1. The summed E-state index contributed by atoms with van der Waals surface area (Å²) < 4.78 is 12.6. The number of hydrogen-bond donors (Lipinski definition) is 0. The third kappa shape index (κ3) is 5.34. The maximum absolute atomic E-state index is 12.6. The summed E-state index contributed by atoms with van der Waals surface area (Å²) >= 11 is 0. The number of nitrogens with zero attached hydrogens (tertiary/aromatic N) is 1. The fourth-order valence-electron chi connectivity index (χ4n) is 2.50. The van der Waals surface area contributed by atoms with Crippen molar-refractivity contribution in [2.24, 2.45) is 0 Å². The Balaban J connectivity index is 0.000000185. The Labute approximate surface area is 143 Å². The van der Waals surface area contributed by atoms with E-state index in [0.717, 1.165) is 24.0 Å². The van der Waals surface area contributed by atoms with Crippen LogP contribution in [0.15, 0.2) is 54.1 Å². The van der Waals surface area contributed by atoms with Crippen molar-refractivity contribution in [1.82, 2.24) is 0 Å². The molecule has 0 N–H and O–H groups in total. The van der Waals surface area contributed by atoms with E-state index in [1.165, 1.54) is 23.4 Å². The summed E-state index contributed by atoms with van der Waals surface area (Å²) in [6.07, 6.45) is 4.32. The molecule has 2 nitrogen and oxygen atoms in total. The second kappa shape index (κ2) is 8.44. The Hall–Kier alpha value is -2.42. The first-order chi connectivity index (χ1) is 11.5. The minimum atomic E-state index is -0.245. The third-order valence-corrected chi connectivity index (χ3v) is 3.97. The predicted octanol–water partition coefficient (Wildman–Crippen LogP) is 5.02. The second-order valence-electron chi connectivity index (χ2n) is 6.23. The van der Waals surface area contributed by atoms with Crippen LogP contribution >= 0.6 is 0 Å². The Morgan fingerprint density at radius 1 is 0.958 bits per heavy atom. The zero-order chi connectivity index (χ0) is 17.5. The van der Waals surface area contributed by atoms with Crippen LogP contribution in [0.5, 0.6) is 0 Å². The van der Waals surface area contributed by atoms with Crippen LogP contribution in [0.1, 0.15) is 30.4 Å². The molecule has 0 heterocycles. The van der Waals surface area contributed by atoms with Crippen LogP contribution < -0.4 is 4.90 Å². The smallest absolute Gasteiger partial charge is 0.158 e. The fourth-order valence-corrected chi connectivity index (χ4v) is 2.50. The molecule has 1 aliphatic carbocycles. The number of aryl methyl sites for hydroxylation is 1. The van der Waals surface area contributed by atoms with Gasteiger partial charge in [-0.1, -0.05) is 29.8 Å². The lowest BCUT2D eigenvalue weighted by atomic mass is 10.1. The Morgan fingerprint density at radius 2 is 1.58 bits per heavy atom. The van der Waals surface area contributed by atoms with Crippen molar-refractivity contribution in [3.63, 3.8) is 0 Å². The van der Waals surface area contributed by atoms with Crippen molar-refractivity contribution in [3.8, 4) is 0 Å². The SMILES string of the molecule is Cc1ccc(N(C)C)cc1.O=C1CCCC1=Cc1ccc(F)cc1. The molecule has 0 aromatic heterocycles. The lowest BCUT2D eigenvalue weighted by Crippen LogP contribution is -2.07. The Kier molecular flexibility index (Phi) is 6.30. The number of benzene rings is 2. The topological polar surface area (TPSA) is 20.3 Å². The van der Waals surface area contributed by atoms with Gasteiger partial charge >= 0.3 is 0 Å². The lowest BCUT2D eigenvalue weighted by molar-refractivity contribution is -0.114. The zero-order valence-corrected chi connectivity index (χ0v) is 14.6. The highest BCUT2D eigenvalue weighted by Gasteiger charge is 2.16. The van der Waals surface area contributed by atoms with E-state index in [1.807, 2.05) is 20.2 Å². The number of rotatable bonds is 2. The van der Waals surface area contributed by atoms with Gasteiger partial charge in [0.15, 0.2) is 5.78 Å². The van der Waals surface area contributed by atoms with Crippen molar-refractivity contribution in [2.75, 3.05) is 19.0 Å². The van der Waals surface area contributed by atoms with Crippen molar-refractivity contribution in [1.29, 1.82) is 0 Å². The third-order valence-electron chi connectivity index (χ3n) is 3.97. The molecule has 0 amide bonds. The van der Waals surface area contributed by atoms with Gasteiger partial charge in [-0.3, -0.25) is 4.79 Å². The molecule has 2 aromatic carbocycles. The summed E-state index contributed by atoms with van der Waals surface area (Å²) in [5, 5.41) is 0. The summed E-state index contributed by atoms with van der Waals surface area (Å²) in [4.78, 5) is 13.4. The van der Waals surface area contributed by atoms with Crippen LogP contribution in [0.25, 0.3) is 6.08 Å². The van der Waals surface area contributed by atoms with Crippen LogP contribution in [0, 0.1) is 12.7 Å². The molecular formula is C21H24FNO. The molecule has 0 radical (unpaired) electrons. The summed E-state index contributed by atoms with van der Waals surface area (Å²) in [5.41, 5.74) is 4.34. The largest absolute Gasteiger partial charge is 0.378 e. The van der Waals surface area contributed by atoms with Crippen LogP contribution in [-0.4, -0.2) is 19.9 Å². The number of halogens is 1. The Morgan fingerprint density at radius 3 is 2.08 bits per heavy atom. The number of carbonyl (C=O) groups is 1. The molecule has 1 saturated carbocycles. The van der Waals surface area contributed by atoms with Gasteiger partial charge in [0.1, 0.15) is 5.82 Å². The van der Waals surface area contributed by atoms with Crippen molar-refractivity contribution in [3.05, 3.63) is 71.0 Å². The molecule has 2 aromatic rings. The average molecular weight is 325 g/mol. The molecule has 3 heteroatoms. The first-order valence-electron chi connectivity index (χ1n) is 8.19. The summed E-state index contributed by atoms with van der Waals surface area (Å²) in [5.74, 6) is -0.0146. The molecule has 0 bridgehead atoms. The number of carbonyl (C=O) groups excluding carboxylic acids is 1. The van der Waals surface area contributed by atoms with Crippen LogP contribution in [0.4, 0.5) is 10.1 Å². The van der Waals surface area contributed by atoms with Gasteiger partial charge in [0.25, 0.3) is 0 Å². The summed E-state index contributed by atoms with van der Waals surface area (Å²) in [6, 6.07) is 14.7. The van der Waals surface area contributed by atoms with Gasteiger partial charge < -0.3 is 4.90 Å². The molecule has 0 atom stereocenters. The van der Waals surface area contributed by atoms with E-state index in [-0.39, 0.29) is 11.6 Å². The van der Waals surface area contributed by atoms with E-state index in [2.05, 4.69) is 36.1 Å². The van der Waals surface area contributed by atoms with E-state index < -0.39 is 0 Å². The van der Waals surface area contributed by atoms with Crippen LogP contribution in [0.2, 0.25) is 0 Å². The van der Waals surface area contributed by atoms with Gasteiger partial charge in [-0.25, -0.2) is 4.39 Å². The minimum absolute atomic E-state index is 0.231. The van der Waals surface area contributed by atoms with E-state index in [4.69, 9.17) is 0 Å². The molecule has 0 spiro atoms. The van der Waals surface area contributed by atoms with Gasteiger partial charge in [0, 0.05) is 26.2 Å². The van der Waals surface area contributed by atoms with Gasteiger partial charge in [-0.2, -0.15) is 0 Å². The van der Waals surface area contributed by atoms with Gasteiger partial charge in [-0.05, 0) is 61.2 Å². The molecule has 0 unspecified atom stereocenters. The lowest BCUT2D eigenvalue weighted by Gasteiger charge is -2.11. The second-order valence-corrected chi connectivity index (χ2v) is 6.23. The predicted molar refractivity (Wildman–Crippen MR) is 98.7 cm³/mol. The summed E-state index contributed by atoms with van der Waals surface area (Å²) in [7, 11) is 4.09.